The number of benzene rings is 1. The zero-order valence-corrected chi connectivity index (χ0v) is 10.3. The van der Waals surface area contributed by atoms with Gasteiger partial charge in [-0.3, -0.25) is 0 Å². The van der Waals surface area contributed by atoms with Crippen LogP contribution in [0.3, 0.4) is 0 Å². The molecule has 1 saturated heterocycles. The van der Waals surface area contributed by atoms with E-state index in [1.54, 1.807) is 24.3 Å². The van der Waals surface area contributed by atoms with Gasteiger partial charge in [-0.1, -0.05) is 30.4 Å². The second-order valence-electron chi connectivity index (χ2n) is 4.02. The minimum atomic E-state index is -1.03. The Morgan fingerprint density at radius 1 is 1.33 bits per heavy atom. The summed E-state index contributed by atoms with van der Waals surface area (Å²) < 4.78 is 0. The minimum Gasteiger partial charge on any atom is -0.480 e. The van der Waals surface area contributed by atoms with Crippen molar-refractivity contribution in [2.75, 3.05) is 11.9 Å². The fourth-order valence-corrected chi connectivity index (χ4v) is 2.14. The number of likely N-dealkylation sites (tertiary alicyclic amines) is 1. The van der Waals surface area contributed by atoms with Gasteiger partial charge in [0.25, 0.3) is 0 Å². The normalized spacial score (nSPS) is 18.8. The van der Waals surface area contributed by atoms with Crippen LogP contribution in [0.4, 0.5) is 10.5 Å². The van der Waals surface area contributed by atoms with Gasteiger partial charge in [-0.2, -0.15) is 0 Å². The molecule has 1 aliphatic rings. The molecule has 0 aliphatic carbocycles. The Kier molecular flexibility index (Phi) is 3.57. The van der Waals surface area contributed by atoms with Gasteiger partial charge >= 0.3 is 12.0 Å². The summed E-state index contributed by atoms with van der Waals surface area (Å²) in [5.41, 5.74) is 0.629. The van der Waals surface area contributed by atoms with E-state index in [2.05, 4.69) is 5.32 Å². The Morgan fingerprint density at radius 3 is 2.61 bits per heavy atom. The predicted molar refractivity (Wildman–Crippen MR) is 70.8 cm³/mol. The van der Waals surface area contributed by atoms with E-state index in [4.69, 9.17) is 17.3 Å². The van der Waals surface area contributed by atoms with Crippen LogP contribution in [-0.4, -0.2) is 39.5 Å². The van der Waals surface area contributed by atoms with Gasteiger partial charge in [0.2, 0.25) is 0 Å². The van der Waals surface area contributed by atoms with Crippen molar-refractivity contribution in [1.82, 2.24) is 4.90 Å². The third-order valence-corrected chi connectivity index (χ3v) is 3.01. The highest BCUT2D eigenvalue weighted by Crippen LogP contribution is 2.18. The quantitative estimate of drug-likeness (QED) is 0.798. The Hall–Kier alpha value is -1.95. The van der Waals surface area contributed by atoms with Crippen LogP contribution in [0.5, 0.6) is 0 Å². The lowest BCUT2D eigenvalue weighted by atomic mass is 10.2. The average molecular weight is 264 g/mol. The van der Waals surface area contributed by atoms with Crippen molar-refractivity contribution in [1.29, 1.82) is 0 Å². The highest BCUT2D eigenvalue weighted by molar-refractivity contribution is 7.80. The van der Waals surface area contributed by atoms with Crippen molar-refractivity contribution in [3.8, 4) is 0 Å². The Balaban J connectivity index is 2.09. The fraction of sp³-hybridized carbons (Fsp3) is 0.250. The van der Waals surface area contributed by atoms with Gasteiger partial charge in [0, 0.05) is 17.0 Å². The van der Waals surface area contributed by atoms with Crippen molar-refractivity contribution in [3.63, 3.8) is 0 Å². The number of aliphatic carboxylic acids is 1. The number of hydrogen-bond donors (Lipinski definition) is 2. The molecule has 1 aliphatic heterocycles. The largest absolute Gasteiger partial charge is 0.480 e. The molecule has 6 heteroatoms. The van der Waals surface area contributed by atoms with Gasteiger partial charge in [0.15, 0.2) is 0 Å². The minimum absolute atomic E-state index is 0.213. The number of carboxylic acids is 1. The van der Waals surface area contributed by atoms with Gasteiger partial charge < -0.3 is 15.3 Å². The highest BCUT2D eigenvalue weighted by Gasteiger charge is 2.36. The molecular formula is C12H12N2O3S. The number of urea groups is 1. The Labute approximate surface area is 109 Å². The van der Waals surface area contributed by atoms with Crippen LogP contribution >= 0.6 is 12.2 Å². The third-order valence-electron chi connectivity index (χ3n) is 2.71. The summed E-state index contributed by atoms with van der Waals surface area (Å²) in [6.07, 6.45) is 0.243. The first-order valence-electron chi connectivity index (χ1n) is 5.45. The van der Waals surface area contributed by atoms with Gasteiger partial charge in [-0.15, -0.1) is 0 Å². The molecule has 94 valence electrons. The van der Waals surface area contributed by atoms with Crippen LogP contribution in [0, 0.1) is 0 Å². The summed E-state index contributed by atoms with van der Waals surface area (Å²) in [6, 6.07) is 7.59. The molecule has 0 radical (unpaired) electrons. The molecule has 2 rings (SSSR count). The molecule has 1 aromatic carbocycles. The van der Waals surface area contributed by atoms with Gasteiger partial charge in [0.05, 0.1) is 6.54 Å². The number of anilines is 1. The highest BCUT2D eigenvalue weighted by atomic mass is 32.1. The van der Waals surface area contributed by atoms with Crippen molar-refractivity contribution >= 4 is 34.8 Å². The fourth-order valence-electron chi connectivity index (χ4n) is 1.84. The van der Waals surface area contributed by atoms with Crippen LogP contribution in [0.15, 0.2) is 30.3 Å². The molecule has 2 N–H and O–H groups in total. The van der Waals surface area contributed by atoms with Gasteiger partial charge in [-0.25, -0.2) is 9.59 Å². The number of para-hydroxylation sites is 1. The molecule has 5 nitrogen and oxygen atoms in total. The summed E-state index contributed by atoms with van der Waals surface area (Å²) in [6.45, 7) is 0.213. The SMILES string of the molecule is O=C(O)[C@@H]1CC(=S)CN1C(=O)Nc1ccccc1. The third kappa shape index (κ3) is 2.65. The van der Waals surface area contributed by atoms with E-state index >= 15 is 0 Å². The van der Waals surface area contributed by atoms with E-state index in [1.165, 1.54) is 4.90 Å². The molecule has 0 spiro atoms. The predicted octanol–water partition coefficient (Wildman–Crippen LogP) is 1.75. The van der Waals surface area contributed by atoms with Gasteiger partial charge in [-0.05, 0) is 12.1 Å². The molecule has 1 fully saturated rings. The van der Waals surface area contributed by atoms with Crippen LogP contribution in [0.25, 0.3) is 0 Å². The molecule has 1 aromatic rings. The number of carbonyl (C=O) groups is 2. The van der Waals surface area contributed by atoms with Crippen molar-refractivity contribution in [3.05, 3.63) is 30.3 Å². The number of nitrogens with one attached hydrogen (secondary N) is 1. The number of thiocarbonyl (C=S) groups is 1. The molecule has 2 amide bonds. The van der Waals surface area contributed by atoms with Crippen LogP contribution in [0.2, 0.25) is 0 Å². The van der Waals surface area contributed by atoms with E-state index in [-0.39, 0.29) is 13.0 Å². The number of hydrogen-bond acceptors (Lipinski definition) is 3. The van der Waals surface area contributed by atoms with Crippen LogP contribution in [-0.2, 0) is 4.79 Å². The van der Waals surface area contributed by atoms with Crippen molar-refractivity contribution in [2.45, 2.75) is 12.5 Å². The second-order valence-corrected chi connectivity index (χ2v) is 4.60. The summed E-state index contributed by atoms with van der Waals surface area (Å²) in [7, 11) is 0. The Morgan fingerprint density at radius 2 is 2.00 bits per heavy atom. The average Bonchev–Trinajstić information content (AvgIpc) is 2.73. The molecule has 1 heterocycles. The number of carbonyl (C=O) groups excluding carboxylic acids is 1. The topological polar surface area (TPSA) is 69.6 Å². The van der Waals surface area contributed by atoms with E-state index in [1.807, 2.05) is 6.07 Å². The lowest BCUT2D eigenvalue weighted by molar-refractivity contribution is -0.141. The molecule has 0 saturated carbocycles. The standard InChI is InChI=1S/C12H12N2O3S/c15-11(16)10-6-9(18)7-14(10)12(17)13-8-4-2-1-3-5-8/h1-5,10H,6-7H2,(H,13,17)(H,15,16)/t10-/m0/s1. The monoisotopic (exact) mass is 264 g/mol. The van der Waals surface area contributed by atoms with Crippen molar-refractivity contribution < 1.29 is 14.7 Å². The zero-order valence-electron chi connectivity index (χ0n) is 9.50. The molecule has 0 aromatic heterocycles. The maximum atomic E-state index is 12.0. The van der Waals surface area contributed by atoms with E-state index in [0.717, 1.165) is 0 Å². The summed E-state index contributed by atoms with van der Waals surface area (Å²) in [4.78, 5) is 24.8. The summed E-state index contributed by atoms with van der Waals surface area (Å²) in [5, 5.41) is 11.7. The van der Waals surface area contributed by atoms with Crippen LogP contribution in [0.1, 0.15) is 6.42 Å². The molecule has 18 heavy (non-hydrogen) atoms. The number of amides is 2. The lowest BCUT2D eigenvalue weighted by Crippen LogP contribution is -2.42. The van der Waals surface area contributed by atoms with E-state index < -0.39 is 18.0 Å². The first kappa shape index (κ1) is 12.5. The zero-order chi connectivity index (χ0) is 13.1. The number of carboxylic acid groups (broad SMARTS) is 1. The smallest absolute Gasteiger partial charge is 0.326 e. The lowest BCUT2D eigenvalue weighted by Gasteiger charge is -2.21. The number of nitrogens with zero attached hydrogens (tertiary/aromatic N) is 1. The van der Waals surface area contributed by atoms with Crippen LogP contribution < -0.4 is 5.32 Å². The number of rotatable bonds is 2. The maximum absolute atomic E-state index is 12.0. The van der Waals surface area contributed by atoms with Crippen molar-refractivity contribution in [2.24, 2.45) is 0 Å². The first-order chi connectivity index (χ1) is 8.58. The summed E-state index contributed by atoms with van der Waals surface area (Å²) in [5.74, 6) is -1.03. The first-order valence-corrected chi connectivity index (χ1v) is 5.86. The second kappa shape index (κ2) is 5.14. The maximum Gasteiger partial charge on any atom is 0.326 e. The Bertz CT molecular complexity index is 489. The van der Waals surface area contributed by atoms with Gasteiger partial charge in [0.1, 0.15) is 6.04 Å². The van der Waals surface area contributed by atoms with E-state index in [0.29, 0.717) is 10.6 Å². The molecule has 1 atom stereocenters. The molecular weight excluding hydrogens is 252 g/mol. The molecule has 0 unspecified atom stereocenters. The molecule has 0 bridgehead atoms. The van der Waals surface area contributed by atoms with E-state index in [9.17, 15) is 9.59 Å². The summed E-state index contributed by atoms with van der Waals surface area (Å²) >= 11 is 4.99.